The average Bonchev–Trinajstić information content (AvgIpc) is 2.17. The zero-order chi connectivity index (χ0) is 11.0. The van der Waals surface area contributed by atoms with Crippen LogP contribution in [0.15, 0.2) is 0 Å². The van der Waals surface area contributed by atoms with Gasteiger partial charge >= 0.3 is 5.97 Å². The first-order valence-corrected chi connectivity index (χ1v) is 5.99. The number of carbonyl (C=O) groups excluding carboxylic acids is 2. The lowest BCUT2D eigenvalue weighted by atomic mass is 10.1. The number of hydrogen-bond acceptors (Lipinski definition) is 3. The highest BCUT2D eigenvalue weighted by atomic mass is 79.9. The molecule has 0 spiro atoms. The molecular weight excluding hydrogens is 271 g/mol. The number of ether oxygens (including phenoxy) is 1. The molecule has 0 N–H and O–H groups in total. The molecule has 0 heterocycles. The van der Waals surface area contributed by atoms with Gasteiger partial charge in [0, 0.05) is 5.88 Å². The van der Waals surface area contributed by atoms with Crippen molar-refractivity contribution in [3.8, 4) is 0 Å². The molecule has 0 fully saturated rings. The van der Waals surface area contributed by atoms with Crippen LogP contribution in [0.4, 0.5) is 0 Å². The monoisotopic (exact) mass is 284 g/mol. The third-order valence-electron chi connectivity index (χ3n) is 1.60. The van der Waals surface area contributed by atoms with Gasteiger partial charge in [0.25, 0.3) is 5.78 Å². The van der Waals surface area contributed by atoms with E-state index in [0.717, 1.165) is 12.8 Å². The highest BCUT2D eigenvalue weighted by molar-refractivity contribution is 9.10. The molecule has 0 aromatic carbocycles. The van der Waals surface area contributed by atoms with Crippen molar-refractivity contribution < 1.29 is 14.3 Å². The van der Waals surface area contributed by atoms with Gasteiger partial charge in [0.2, 0.25) is 0 Å². The Kier molecular flexibility index (Phi) is 8.18. The number of rotatable bonds is 7. The number of esters is 1. The largest absolute Gasteiger partial charge is 0.460 e. The Labute approximate surface area is 97.3 Å². The molecule has 0 radical (unpaired) electrons. The summed E-state index contributed by atoms with van der Waals surface area (Å²) in [7, 11) is 0. The van der Waals surface area contributed by atoms with Crippen molar-refractivity contribution in [3.05, 3.63) is 0 Å². The molecule has 0 aromatic heterocycles. The van der Waals surface area contributed by atoms with Crippen LogP contribution in [0.25, 0.3) is 0 Å². The van der Waals surface area contributed by atoms with Crippen molar-refractivity contribution in [1.29, 1.82) is 0 Å². The van der Waals surface area contributed by atoms with Crippen molar-refractivity contribution in [2.45, 2.75) is 31.0 Å². The van der Waals surface area contributed by atoms with E-state index in [9.17, 15) is 9.59 Å². The van der Waals surface area contributed by atoms with Crippen LogP contribution in [-0.4, -0.2) is 29.1 Å². The Morgan fingerprint density at radius 1 is 1.43 bits per heavy atom. The van der Waals surface area contributed by atoms with Crippen LogP contribution in [0.2, 0.25) is 0 Å². The molecule has 0 bridgehead atoms. The lowest BCUT2D eigenvalue weighted by Gasteiger charge is -2.06. The SMILES string of the molecule is CCOC(=O)C(=O)C(Br)CCCCCl. The van der Waals surface area contributed by atoms with Gasteiger partial charge in [-0.15, -0.1) is 11.6 Å². The number of hydrogen-bond donors (Lipinski definition) is 0. The van der Waals surface area contributed by atoms with Gasteiger partial charge in [-0.2, -0.15) is 0 Å². The quantitative estimate of drug-likeness (QED) is 0.312. The Morgan fingerprint density at radius 3 is 2.57 bits per heavy atom. The fourth-order valence-electron chi connectivity index (χ4n) is 0.879. The van der Waals surface area contributed by atoms with E-state index >= 15 is 0 Å². The lowest BCUT2D eigenvalue weighted by Crippen LogP contribution is -2.26. The summed E-state index contributed by atoms with van der Waals surface area (Å²) < 4.78 is 4.59. The Hall–Kier alpha value is -0.0900. The van der Waals surface area contributed by atoms with Crippen molar-refractivity contribution in [2.75, 3.05) is 12.5 Å². The van der Waals surface area contributed by atoms with E-state index in [0.29, 0.717) is 12.3 Å². The van der Waals surface area contributed by atoms with Crippen molar-refractivity contribution >= 4 is 39.3 Å². The van der Waals surface area contributed by atoms with Gasteiger partial charge in [-0.05, 0) is 19.8 Å². The number of alkyl halides is 2. The van der Waals surface area contributed by atoms with Crippen LogP contribution < -0.4 is 0 Å². The zero-order valence-corrected chi connectivity index (χ0v) is 10.4. The molecule has 3 nitrogen and oxygen atoms in total. The van der Waals surface area contributed by atoms with E-state index in [-0.39, 0.29) is 6.61 Å². The molecule has 0 aromatic rings. The molecular formula is C9H14BrClO3. The molecule has 0 saturated heterocycles. The number of ketones is 1. The topological polar surface area (TPSA) is 43.4 Å². The maximum atomic E-state index is 11.3. The Morgan fingerprint density at radius 2 is 2.07 bits per heavy atom. The predicted molar refractivity (Wildman–Crippen MR) is 58.9 cm³/mol. The molecule has 82 valence electrons. The normalized spacial score (nSPS) is 12.2. The second-order valence-electron chi connectivity index (χ2n) is 2.74. The molecule has 0 rings (SSSR count). The third-order valence-corrected chi connectivity index (χ3v) is 2.74. The summed E-state index contributed by atoms with van der Waals surface area (Å²) in [6, 6.07) is 0. The van der Waals surface area contributed by atoms with E-state index in [2.05, 4.69) is 20.7 Å². The highest BCUT2D eigenvalue weighted by Gasteiger charge is 2.23. The summed E-state index contributed by atoms with van der Waals surface area (Å²) in [5.41, 5.74) is 0. The van der Waals surface area contributed by atoms with E-state index in [1.54, 1.807) is 6.92 Å². The first-order chi connectivity index (χ1) is 6.63. The molecule has 0 aliphatic carbocycles. The van der Waals surface area contributed by atoms with E-state index in [1.807, 2.05) is 0 Å². The molecule has 1 atom stereocenters. The molecule has 0 aliphatic heterocycles. The van der Waals surface area contributed by atoms with E-state index < -0.39 is 16.6 Å². The molecule has 5 heteroatoms. The fraction of sp³-hybridized carbons (Fsp3) is 0.778. The van der Waals surface area contributed by atoms with Gasteiger partial charge in [-0.25, -0.2) is 4.79 Å². The summed E-state index contributed by atoms with van der Waals surface area (Å²) in [5, 5.41) is 0. The molecule has 0 saturated carbocycles. The van der Waals surface area contributed by atoms with Crippen LogP contribution >= 0.6 is 27.5 Å². The van der Waals surface area contributed by atoms with Gasteiger partial charge in [0.1, 0.15) is 0 Å². The van der Waals surface area contributed by atoms with Gasteiger partial charge in [-0.3, -0.25) is 4.79 Å². The number of unbranched alkanes of at least 4 members (excludes halogenated alkanes) is 1. The Balaban J connectivity index is 3.80. The average molecular weight is 286 g/mol. The van der Waals surface area contributed by atoms with Crippen LogP contribution in [0.5, 0.6) is 0 Å². The van der Waals surface area contributed by atoms with E-state index in [1.165, 1.54) is 0 Å². The summed E-state index contributed by atoms with van der Waals surface area (Å²) in [6.07, 6.45) is 2.29. The fourth-order valence-corrected chi connectivity index (χ4v) is 1.58. The van der Waals surface area contributed by atoms with Crippen molar-refractivity contribution in [2.24, 2.45) is 0 Å². The van der Waals surface area contributed by atoms with Crippen LogP contribution in [0.1, 0.15) is 26.2 Å². The maximum Gasteiger partial charge on any atom is 0.375 e. The van der Waals surface area contributed by atoms with Crippen molar-refractivity contribution in [3.63, 3.8) is 0 Å². The molecule has 1 unspecified atom stereocenters. The number of Topliss-reactive ketones (excluding diaryl/α,β-unsaturated/α-hetero) is 1. The minimum absolute atomic E-state index is 0.228. The smallest absolute Gasteiger partial charge is 0.375 e. The van der Waals surface area contributed by atoms with Gasteiger partial charge < -0.3 is 4.74 Å². The molecule has 0 aliphatic rings. The molecule has 14 heavy (non-hydrogen) atoms. The van der Waals surface area contributed by atoms with Gasteiger partial charge in [0.15, 0.2) is 0 Å². The number of halogens is 2. The first kappa shape index (κ1) is 13.9. The molecule has 0 amide bonds. The summed E-state index contributed by atoms with van der Waals surface area (Å²) >= 11 is 8.64. The lowest BCUT2D eigenvalue weighted by molar-refractivity contribution is -0.153. The van der Waals surface area contributed by atoms with Crippen LogP contribution in [0.3, 0.4) is 0 Å². The first-order valence-electron chi connectivity index (χ1n) is 4.54. The summed E-state index contributed by atoms with van der Waals surface area (Å²) in [6.45, 7) is 1.90. The van der Waals surface area contributed by atoms with Crippen molar-refractivity contribution in [1.82, 2.24) is 0 Å². The second kappa shape index (κ2) is 8.24. The summed E-state index contributed by atoms with van der Waals surface area (Å²) in [4.78, 5) is 21.8. The predicted octanol–water partition coefficient (Wildman–Crippen LogP) is 2.29. The van der Waals surface area contributed by atoms with E-state index in [4.69, 9.17) is 11.6 Å². The second-order valence-corrected chi connectivity index (χ2v) is 4.22. The standard InChI is InChI=1S/C9H14BrClO3/c1-2-14-9(13)8(12)7(10)5-3-4-6-11/h7H,2-6H2,1H3. The minimum Gasteiger partial charge on any atom is -0.460 e. The summed E-state index contributed by atoms with van der Waals surface area (Å²) in [5.74, 6) is -0.700. The van der Waals surface area contributed by atoms with Crippen LogP contribution in [-0.2, 0) is 14.3 Å². The van der Waals surface area contributed by atoms with Gasteiger partial charge in [-0.1, -0.05) is 22.4 Å². The number of carbonyl (C=O) groups is 2. The third kappa shape index (κ3) is 5.60. The minimum atomic E-state index is -0.764. The zero-order valence-electron chi connectivity index (χ0n) is 8.09. The maximum absolute atomic E-state index is 11.3. The highest BCUT2D eigenvalue weighted by Crippen LogP contribution is 2.12. The van der Waals surface area contributed by atoms with Crippen LogP contribution in [0, 0.1) is 0 Å². The van der Waals surface area contributed by atoms with Gasteiger partial charge in [0.05, 0.1) is 11.4 Å². The Bertz CT molecular complexity index is 196.